The van der Waals surface area contributed by atoms with Gasteiger partial charge in [0.2, 0.25) is 6.20 Å². The van der Waals surface area contributed by atoms with E-state index in [4.69, 9.17) is 10.4 Å². The van der Waals surface area contributed by atoms with Gasteiger partial charge in [-0.2, -0.15) is 0 Å². The van der Waals surface area contributed by atoms with Gasteiger partial charge in [0.1, 0.15) is 7.11 Å². The fraction of sp³-hybridized carbons (Fsp3) is 0.100. The number of nitrogens with zero attached hydrogens (tertiary/aromatic N) is 4. The molecule has 5 nitrogen and oxygen atoms in total. The number of pyridine rings is 1. The van der Waals surface area contributed by atoms with Crippen molar-refractivity contribution < 1.29 is 9.57 Å². The summed E-state index contributed by atoms with van der Waals surface area (Å²) >= 11 is 0. The number of azide groups is 1. The number of fused-ring (bicyclic) bond motifs is 1. The van der Waals surface area contributed by atoms with Crippen LogP contribution in [0, 0.1) is 0 Å². The Bertz CT molecular complexity index is 546. The molecule has 0 saturated carbocycles. The number of hydrogen-bond acceptors (Lipinski definition) is 2. The van der Waals surface area contributed by atoms with Gasteiger partial charge in [-0.3, -0.25) is 4.84 Å². The molecule has 15 heavy (non-hydrogen) atoms. The highest BCUT2D eigenvalue weighted by atomic mass is 16.6. The zero-order chi connectivity index (χ0) is 10.7. The Kier molecular flexibility index (Phi) is 2.39. The van der Waals surface area contributed by atoms with Crippen LogP contribution in [0.15, 0.2) is 41.6 Å². The molecule has 0 radical (unpaired) electrons. The van der Waals surface area contributed by atoms with Gasteiger partial charge in [-0.1, -0.05) is 17.2 Å². The minimum Gasteiger partial charge on any atom is -0.274 e. The van der Waals surface area contributed by atoms with Crippen LogP contribution in [0.2, 0.25) is 0 Å². The molecule has 1 aromatic carbocycles. The average molecular weight is 201 g/mol. The Balaban J connectivity index is 2.82. The standard InChI is InChI=1S/C10H9N4O/c1-15-14-7-6-9(12-13-11)8-4-2-3-5-10(8)14/h2-7H,1H3/q+1. The predicted molar refractivity (Wildman–Crippen MR) is 55.5 cm³/mol. The van der Waals surface area contributed by atoms with Crippen molar-refractivity contribution >= 4 is 16.6 Å². The molecule has 0 N–H and O–H groups in total. The Morgan fingerprint density at radius 2 is 2.13 bits per heavy atom. The van der Waals surface area contributed by atoms with E-state index in [2.05, 4.69) is 10.0 Å². The van der Waals surface area contributed by atoms with E-state index in [1.807, 2.05) is 24.3 Å². The van der Waals surface area contributed by atoms with Gasteiger partial charge in [0.25, 0.3) is 5.52 Å². The first-order valence-electron chi connectivity index (χ1n) is 4.40. The molecule has 0 aliphatic heterocycles. The van der Waals surface area contributed by atoms with Crippen molar-refractivity contribution in [2.45, 2.75) is 0 Å². The average Bonchev–Trinajstić information content (AvgIpc) is 2.30. The van der Waals surface area contributed by atoms with E-state index < -0.39 is 0 Å². The summed E-state index contributed by atoms with van der Waals surface area (Å²) < 4.78 is 1.62. The van der Waals surface area contributed by atoms with Gasteiger partial charge in [0.05, 0.1) is 11.1 Å². The van der Waals surface area contributed by atoms with Crippen LogP contribution in [0.5, 0.6) is 0 Å². The van der Waals surface area contributed by atoms with Crippen LogP contribution in [-0.2, 0) is 0 Å². The van der Waals surface area contributed by atoms with Crippen LogP contribution in [0.25, 0.3) is 21.3 Å². The summed E-state index contributed by atoms with van der Waals surface area (Å²) in [5, 5.41) is 4.48. The Hall–Kier alpha value is -2.26. The first-order chi connectivity index (χ1) is 7.36. The van der Waals surface area contributed by atoms with Crippen LogP contribution >= 0.6 is 0 Å². The highest BCUT2D eigenvalue weighted by molar-refractivity contribution is 5.86. The maximum absolute atomic E-state index is 8.43. The molecule has 0 fully saturated rings. The fourth-order valence-corrected chi connectivity index (χ4v) is 1.49. The van der Waals surface area contributed by atoms with E-state index >= 15 is 0 Å². The predicted octanol–water partition coefficient (Wildman–Crippen LogP) is 2.13. The summed E-state index contributed by atoms with van der Waals surface area (Å²) in [5.41, 5.74) is 9.89. The molecule has 0 unspecified atom stereocenters. The van der Waals surface area contributed by atoms with Crippen molar-refractivity contribution in [2.75, 3.05) is 7.11 Å². The van der Waals surface area contributed by atoms with E-state index in [-0.39, 0.29) is 0 Å². The van der Waals surface area contributed by atoms with Crippen molar-refractivity contribution in [2.24, 2.45) is 5.11 Å². The zero-order valence-corrected chi connectivity index (χ0v) is 8.16. The summed E-state index contributed by atoms with van der Waals surface area (Å²) in [5.74, 6) is 0. The second-order valence-corrected chi connectivity index (χ2v) is 2.92. The van der Waals surface area contributed by atoms with Crippen LogP contribution in [0.3, 0.4) is 0 Å². The second kappa shape index (κ2) is 3.86. The molecule has 0 aliphatic carbocycles. The maximum atomic E-state index is 8.43. The maximum Gasteiger partial charge on any atom is 0.265 e. The first kappa shape index (κ1) is 9.30. The molecule has 0 bridgehead atoms. The highest BCUT2D eigenvalue weighted by Crippen LogP contribution is 2.22. The Morgan fingerprint density at radius 1 is 1.33 bits per heavy atom. The minimum atomic E-state index is 0.599. The number of benzene rings is 1. The quantitative estimate of drug-likeness (QED) is 0.317. The van der Waals surface area contributed by atoms with Gasteiger partial charge in [-0.05, 0) is 11.6 Å². The third kappa shape index (κ3) is 1.56. The molecule has 0 saturated heterocycles. The number of hydrogen-bond donors (Lipinski definition) is 0. The van der Waals surface area contributed by atoms with Crippen LogP contribution < -0.4 is 9.57 Å². The van der Waals surface area contributed by atoms with Crippen molar-refractivity contribution in [1.82, 2.24) is 0 Å². The fourth-order valence-electron chi connectivity index (χ4n) is 1.49. The molecule has 2 aromatic rings. The van der Waals surface area contributed by atoms with Crippen LogP contribution in [-0.4, -0.2) is 7.11 Å². The normalized spacial score (nSPS) is 9.67. The Labute approximate surface area is 86.1 Å². The molecule has 0 amide bonds. The molecule has 74 valence electrons. The second-order valence-electron chi connectivity index (χ2n) is 2.92. The first-order valence-corrected chi connectivity index (χ1v) is 4.40. The van der Waals surface area contributed by atoms with E-state index in [9.17, 15) is 0 Å². The van der Waals surface area contributed by atoms with Crippen LogP contribution in [0.1, 0.15) is 0 Å². The monoisotopic (exact) mass is 201 g/mol. The number of aromatic nitrogens is 1. The van der Waals surface area contributed by atoms with Gasteiger partial charge < -0.3 is 0 Å². The van der Waals surface area contributed by atoms with Crippen molar-refractivity contribution in [3.8, 4) is 0 Å². The lowest BCUT2D eigenvalue weighted by molar-refractivity contribution is -0.865. The van der Waals surface area contributed by atoms with Gasteiger partial charge in [0, 0.05) is 21.8 Å². The molecule has 0 atom stereocenters. The van der Waals surface area contributed by atoms with Crippen molar-refractivity contribution in [3.63, 3.8) is 0 Å². The lowest BCUT2D eigenvalue weighted by Gasteiger charge is -1.99. The lowest BCUT2D eigenvalue weighted by atomic mass is 10.2. The summed E-state index contributed by atoms with van der Waals surface area (Å²) in [6.07, 6.45) is 1.71. The number of para-hydroxylation sites is 1. The lowest BCUT2D eigenvalue weighted by Crippen LogP contribution is -2.40. The third-order valence-corrected chi connectivity index (χ3v) is 2.13. The van der Waals surface area contributed by atoms with Crippen molar-refractivity contribution in [1.29, 1.82) is 0 Å². The molecule has 0 aliphatic rings. The summed E-state index contributed by atoms with van der Waals surface area (Å²) in [6.45, 7) is 0. The van der Waals surface area contributed by atoms with E-state index in [0.29, 0.717) is 5.69 Å². The summed E-state index contributed by atoms with van der Waals surface area (Å²) in [6, 6.07) is 9.28. The SMILES string of the molecule is CO[n+]1ccc(N=[N+]=[N-])c2ccccc21. The molecule has 0 spiro atoms. The molecule has 2 rings (SSSR count). The zero-order valence-electron chi connectivity index (χ0n) is 8.16. The smallest absolute Gasteiger partial charge is 0.265 e. The molecule has 1 heterocycles. The van der Waals surface area contributed by atoms with Gasteiger partial charge in [-0.25, -0.2) is 0 Å². The van der Waals surface area contributed by atoms with E-state index in [1.54, 1.807) is 24.1 Å². The summed E-state index contributed by atoms with van der Waals surface area (Å²) in [4.78, 5) is 7.93. The number of rotatable bonds is 2. The topological polar surface area (TPSA) is 61.9 Å². The minimum absolute atomic E-state index is 0.599. The molecule has 1 aromatic heterocycles. The van der Waals surface area contributed by atoms with E-state index in [0.717, 1.165) is 10.9 Å². The Morgan fingerprint density at radius 3 is 2.87 bits per heavy atom. The highest BCUT2D eigenvalue weighted by Gasteiger charge is 2.11. The van der Waals surface area contributed by atoms with Gasteiger partial charge in [0.15, 0.2) is 0 Å². The molecular formula is C10H9N4O+. The van der Waals surface area contributed by atoms with E-state index in [1.165, 1.54) is 0 Å². The summed E-state index contributed by atoms with van der Waals surface area (Å²) in [7, 11) is 1.58. The largest absolute Gasteiger partial charge is 0.274 e. The van der Waals surface area contributed by atoms with Gasteiger partial charge in [-0.15, -0.1) is 0 Å². The molecule has 5 heteroatoms. The third-order valence-electron chi connectivity index (χ3n) is 2.13. The van der Waals surface area contributed by atoms with Crippen LogP contribution in [0.4, 0.5) is 5.69 Å². The van der Waals surface area contributed by atoms with Gasteiger partial charge >= 0.3 is 0 Å². The van der Waals surface area contributed by atoms with Crippen molar-refractivity contribution in [3.05, 3.63) is 47.0 Å². The molecular weight excluding hydrogens is 192 g/mol.